The number of benzene rings is 2. The number of alkyl halides is 4. The van der Waals surface area contributed by atoms with Crippen molar-refractivity contribution < 1.29 is 44.3 Å². The largest absolute Gasteiger partial charge is 0.360 e. The van der Waals surface area contributed by atoms with Crippen LogP contribution in [0.15, 0.2) is 42.5 Å². The Morgan fingerprint density at radius 2 is 1.83 bits per heavy atom. The minimum Gasteiger partial charge on any atom is -0.360 e. The van der Waals surface area contributed by atoms with E-state index in [4.69, 9.17) is 21.3 Å². The number of fused-ring (bicyclic) bond motifs is 4. The number of anilines is 1. The molecule has 8 rings (SSSR count). The summed E-state index contributed by atoms with van der Waals surface area (Å²) in [5, 5.41) is 14.4. The van der Waals surface area contributed by atoms with E-state index in [1.54, 1.807) is 32.2 Å². The van der Waals surface area contributed by atoms with Gasteiger partial charge in [0.2, 0.25) is 15.9 Å². The molecule has 20 heteroatoms. The summed E-state index contributed by atoms with van der Waals surface area (Å²) in [5.41, 5.74) is -1.34. The predicted molar refractivity (Wildman–Crippen MR) is 204 cm³/mol. The number of morpholine rings is 1. The maximum atomic E-state index is 15.5. The van der Waals surface area contributed by atoms with Crippen molar-refractivity contribution in [1.29, 1.82) is 0 Å². The molecule has 2 fully saturated rings. The zero-order valence-corrected chi connectivity index (χ0v) is 33.1. The first-order valence-corrected chi connectivity index (χ1v) is 20.6. The van der Waals surface area contributed by atoms with Crippen LogP contribution in [0, 0.1) is 29.4 Å². The van der Waals surface area contributed by atoms with Gasteiger partial charge in [0.15, 0.2) is 5.82 Å². The number of rotatable bonds is 10. The van der Waals surface area contributed by atoms with E-state index in [1.165, 1.54) is 10.7 Å². The summed E-state index contributed by atoms with van der Waals surface area (Å²) in [4.78, 5) is 18.9. The number of pyridine rings is 1. The molecule has 4 atom stereocenters. The normalized spacial score (nSPS) is 21.1. The number of aryl methyl sites for hydroxylation is 1. The van der Waals surface area contributed by atoms with Crippen LogP contribution in [0.3, 0.4) is 0 Å². The number of sulfonamides is 1. The van der Waals surface area contributed by atoms with Crippen LogP contribution >= 0.6 is 11.6 Å². The predicted octanol–water partition coefficient (Wildman–Crippen LogP) is 6.11. The lowest BCUT2D eigenvalue weighted by atomic mass is 9.93. The van der Waals surface area contributed by atoms with E-state index in [0.29, 0.717) is 47.1 Å². The van der Waals surface area contributed by atoms with Gasteiger partial charge in [-0.1, -0.05) is 23.6 Å². The number of hydrogen-bond donors (Lipinski definition) is 3. The Labute approximate surface area is 338 Å². The Balaban J connectivity index is 1.28. The lowest BCUT2D eigenvalue weighted by Crippen LogP contribution is -2.46. The van der Waals surface area contributed by atoms with Crippen molar-refractivity contribution in [2.45, 2.75) is 56.2 Å². The van der Waals surface area contributed by atoms with Gasteiger partial charge in [-0.2, -0.15) is 19.0 Å². The van der Waals surface area contributed by atoms with Crippen molar-refractivity contribution >= 4 is 44.3 Å². The highest BCUT2D eigenvalue weighted by molar-refractivity contribution is 7.92. The smallest absolute Gasteiger partial charge is 0.293 e. The second-order valence-electron chi connectivity index (χ2n) is 15.1. The number of aromatic nitrogens is 5. The van der Waals surface area contributed by atoms with Crippen molar-refractivity contribution in [3.63, 3.8) is 0 Å². The van der Waals surface area contributed by atoms with Crippen molar-refractivity contribution in [3.8, 4) is 23.0 Å². The van der Waals surface area contributed by atoms with E-state index >= 15 is 8.78 Å². The summed E-state index contributed by atoms with van der Waals surface area (Å²) in [6.07, 6.45) is -2.51. The summed E-state index contributed by atoms with van der Waals surface area (Å²) in [6.45, 7) is 2.33. The van der Waals surface area contributed by atoms with E-state index in [0.717, 1.165) is 18.4 Å². The fourth-order valence-corrected chi connectivity index (χ4v) is 8.75. The summed E-state index contributed by atoms with van der Waals surface area (Å²) in [7, 11) is -2.28. The zero-order valence-electron chi connectivity index (χ0n) is 31.5. The van der Waals surface area contributed by atoms with E-state index in [9.17, 15) is 30.8 Å². The van der Waals surface area contributed by atoms with Crippen molar-refractivity contribution in [1.82, 2.24) is 35.2 Å². The van der Waals surface area contributed by atoms with E-state index in [2.05, 4.69) is 37.4 Å². The molecule has 1 saturated carbocycles. The summed E-state index contributed by atoms with van der Waals surface area (Å²) in [6, 6.07) is 7.80. The molecule has 2 aromatic carbocycles. The molecule has 12 nitrogen and oxygen atoms in total. The second-order valence-corrected chi connectivity index (χ2v) is 17.2. The molecule has 3 aromatic heterocycles. The molecule has 310 valence electrons. The molecule has 4 heterocycles. The number of carbonyl (C=O) groups excluding carboxylic acids is 1. The van der Waals surface area contributed by atoms with Crippen LogP contribution < -0.4 is 15.4 Å². The standard InChI is InChI=1S/C39H35ClF6N8O4S/c1-38(18-47-10-11-58-38)9-8-22-4-5-23(24-6-7-27(40)31-34(24)53(2)51-37(31)52-59(3,56)57)32(48-22)28(14-19-12-20(41)15-21(42)13-19)49-29(55)17-54-35-30(33(50-54)36(43)44)25-16-26(25)39(35,45)46/h4-7,12-13,15,25-26,28,36,47H,10-11,14,16-18H2,1-3H3,(H,49,55)(H,51,52)/t25-,26+,28-,38+/m0/s1. The number of carbonyl (C=O) groups is 1. The zero-order chi connectivity index (χ0) is 42.2. The highest BCUT2D eigenvalue weighted by Crippen LogP contribution is 2.68. The average molecular weight is 861 g/mol. The lowest BCUT2D eigenvalue weighted by Gasteiger charge is -2.29. The van der Waals surface area contributed by atoms with Gasteiger partial charge >= 0.3 is 0 Å². The molecule has 0 bridgehead atoms. The third-order valence-corrected chi connectivity index (χ3v) is 11.4. The van der Waals surface area contributed by atoms with Crippen LogP contribution in [0.1, 0.15) is 65.6 Å². The van der Waals surface area contributed by atoms with Gasteiger partial charge in [-0.05, 0) is 67.5 Å². The maximum absolute atomic E-state index is 15.5. The van der Waals surface area contributed by atoms with Gasteiger partial charge in [0, 0.05) is 48.8 Å². The molecule has 3 N–H and O–H groups in total. The van der Waals surface area contributed by atoms with E-state index < -0.39 is 81.3 Å². The molecular formula is C39H35ClF6N8O4S. The van der Waals surface area contributed by atoms with Crippen molar-refractivity contribution in [2.24, 2.45) is 13.0 Å². The SMILES string of the molecule is Cn1nc(NS(C)(=O)=O)c2c(Cl)ccc(-c3ccc(C#C[C@]4(C)CNCCO4)nc3[C@H](Cc3cc(F)cc(F)c3)NC(=O)Cn3nc(C(F)F)c4c3C(F)(F)[C@@H]3C[C@H]43)c21. The molecule has 1 saturated heterocycles. The van der Waals surface area contributed by atoms with Gasteiger partial charge in [-0.15, -0.1) is 0 Å². The number of hydrogen-bond acceptors (Lipinski definition) is 8. The molecular weight excluding hydrogens is 826 g/mol. The minimum atomic E-state index is -3.82. The fraction of sp³-hybridized carbons (Fsp3) is 0.385. The van der Waals surface area contributed by atoms with Gasteiger partial charge in [0.25, 0.3) is 12.3 Å². The highest BCUT2D eigenvalue weighted by Gasteiger charge is 2.67. The monoisotopic (exact) mass is 860 g/mol. The highest BCUT2D eigenvalue weighted by atomic mass is 35.5. The summed E-state index contributed by atoms with van der Waals surface area (Å²) in [5.74, 6) is -2.23. The molecule has 0 unspecified atom stereocenters. The maximum Gasteiger partial charge on any atom is 0.293 e. The van der Waals surface area contributed by atoms with Crippen LogP contribution in [0.4, 0.5) is 32.2 Å². The quantitative estimate of drug-likeness (QED) is 0.113. The van der Waals surface area contributed by atoms with Crippen LogP contribution in [0.2, 0.25) is 5.02 Å². The van der Waals surface area contributed by atoms with Gasteiger partial charge in [-0.3, -0.25) is 18.9 Å². The third kappa shape index (κ3) is 7.86. The van der Waals surface area contributed by atoms with Crippen LogP contribution in [-0.4, -0.2) is 70.4 Å². The van der Waals surface area contributed by atoms with Gasteiger partial charge in [0.1, 0.15) is 40.9 Å². The number of ether oxygens (including phenoxy) is 1. The second kappa shape index (κ2) is 14.8. The number of amides is 1. The number of halogens is 7. The third-order valence-electron chi connectivity index (χ3n) is 10.5. The molecule has 2 aliphatic carbocycles. The Kier molecular flexibility index (Phi) is 10.2. The molecule has 5 aromatic rings. The van der Waals surface area contributed by atoms with Crippen LogP contribution in [0.25, 0.3) is 22.0 Å². The fourth-order valence-electron chi connectivity index (χ4n) is 8.02. The van der Waals surface area contributed by atoms with E-state index in [-0.39, 0.29) is 51.6 Å². The van der Waals surface area contributed by atoms with Gasteiger partial charge in [-0.25, -0.2) is 31.0 Å². The Morgan fingerprint density at radius 1 is 1.10 bits per heavy atom. The summed E-state index contributed by atoms with van der Waals surface area (Å²) >= 11 is 6.62. The Hall–Kier alpha value is -5.16. The molecule has 1 aliphatic heterocycles. The molecule has 0 spiro atoms. The molecule has 1 amide bonds. The van der Waals surface area contributed by atoms with Crippen LogP contribution in [0.5, 0.6) is 0 Å². The average Bonchev–Trinajstić information content (AvgIpc) is 3.69. The molecule has 0 radical (unpaired) electrons. The minimum absolute atomic E-state index is 0.0276. The first-order chi connectivity index (χ1) is 27.8. The van der Waals surface area contributed by atoms with Crippen LogP contribution in [-0.2, 0) is 45.5 Å². The Bertz CT molecular complexity index is 2690. The number of nitrogens with one attached hydrogen (secondary N) is 3. The van der Waals surface area contributed by atoms with Crippen molar-refractivity contribution in [2.75, 3.05) is 30.7 Å². The molecule has 59 heavy (non-hydrogen) atoms. The van der Waals surface area contributed by atoms with Gasteiger partial charge < -0.3 is 15.4 Å². The lowest BCUT2D eigenvalue weighted by molar-refractivity contribution is -0.123. The van der Waals surface area contributed by atoms with Gasteiger partial charge in [0.05, 0.1) is 40.5 Å². The Morgan fingerprint density at radius 3 is 2.51 bits per heavy atom. The topological polar surface area (TPSA) is 145 Å². The number of nitrogens with zero attached hydrogens (tertiary/aromatic N) is 5. The first kappa shape index (κ1) is 40.6. The molecule has 3 aliphatic rings. The van der Waals surface area contributed by atoms with Crippen molar-refractivity contribution in [3.05, 3.63) is 93.0 Å². The van der Waals surface area contributed by atoms with E-state index in [1.807, 2.05) is 0 Å². The first-order valence-electron chi connectivity index (χ1n) is 18.4. The summed E-state index contributed by atoms with van der Waals surface area (Å²) < 4.78 is 123.